The van der Waals surface area contributed by atoms with Crippen molar-refractivity contribution in [3.8, 4) is 0 Å². The Bertz CT molecular complexity index is 974. The van der Waals surface area contributed by atoms with Gasteiger partial charge in [0.15, 0.2) is 0 Å². The minimum Gasteiger partial charge on any atom is -0.390 e. The molecule has 4 atom stereocenters. The van der Waals surface area contributed by atoms with E-state index in [4.69, 9.17) is 17.3 Å². The molecule has 1 aliphatic rings. The number of halogens is 1. The fourth-order valence-corrected chi connectivity index (χ4v) is 4.40. The summed E-state index contributed by atoms with van der Waals surface area (Å²) >= 11 is 6.06. The van der Waals surface area contributed by atoms with Gasteiger partial charge in [0.2, 0.25) is 0 Å². The van der Waals surface area contributed by atoms with Gasteiger partial charge in [0.05, 0.1) is 17.8 Å². The van der Waals surface area contributed by atoms with Crippen LogP contribution in [0.15, 0.2) is 36.8 Å². The van der Waals surface area contributed by atoms with E-state index in [0.29, 0.717) is 24.4 Å². The molecule has 1 aromatic carbocycles. The van der Waals surface area contributed by atoms with E-state index in [-0.39, 0.29) is 12.0 Å². The largest absolute Gasteiger partial charge is 0.390 e. The summed E-state index contributed by atoms with van der Waals surface area (Å²) in [6, 6.07) is 7.39. The molecule has 0 saturated heterocycles. The number of hydrogen-bond acceptors (Lipinski definition) is 5. The van der Waals surface area contributed by atoms with Crippen LogP contribution in [-0.4, -0.2) is 37.0 Å². The summed E-state index contributed by atoms with van der Waals surface area (Å²) in [6.45, 7) is 2.33. The van der Waals surface area contributed by atoms with E-state index in [2.05, 4.69) is 9.97 Å². The Kier molecular flexibility index (Phi) is 4.90. The molecule has 6 nitrogen and oxygen atoms in total. The number of aliphatic hydroxyl groups is 2. The molecule has 27 heavy (non-hydrogen) atoms. The molecule has 0 radical (unpaired) electrons. The highest BCUT2D eigenvalue weighted by molar-refractivity contribution is 6.30. The molecule has 2 heterocycles. The SMILES string of the molecule is Cc1ncnc2c1ccn2[C@@H]1C[C@H](Cc2ccc(Cl)cc2CN)[C@@H](O)[C@H]1O. The second-order valence-corrected chi connectivity index (χ2v) is 7.72. The van der Waals surface area contributed by atoms with Gasteiger partial charge >= 0.3 is 0 Å². The third kappa shape index (κ3) is 3.23. The lowest BCUT2D eigenvalue weighted by molar-refractivity contribution is 0.00680. The summed E-state index contributed by atoms with van der Waals surface area (Å²) in [5.41, 5.74) is 9.57. The van der Waals surface area contributed by atoms with E-state index >= 15 is 0 Å². The number of aromatic nitrogens is 3. The molecule has 3 aromatic rings. The van der Waals surface area contributed by atoms with Gasteiger partial charge < -0.3 is 20.5 Å². The molecule has 0 amide bonds. The first-order chi connectivity index (χ1) is 13.0. The molecule has 4 rings (SSSR count). The van der Waals surface area contributed by atoms with E-state index < -0.39 is 12.2 Å². The van der Waals surface area contributed by atoms with Gasteiger partial charge in [0.25, 0.3) is 0 Å². The van der Waals surface area contributed by atoms with Crippen LogP contribution in [0.2, 0.25) is 5.02 Å². The highest BCUT2D eigenvalue weighted by Crippen LogP contribution is 2.39. The predicted octanol–water partition coefficient (Wildman–Crippen LogP) is 2.38. The zero-order chi connectivity index (χ0) is 19.1. The second kappa shape index (κ2) is 7.20. The normalized spacial score (nSPS) is 25.4. The van der Waals surface area contributed by atoms with Crippen LogP contribution in [0.4, 0.5) is 0 Å². The van der Waals surface area contributed by atoms with Crippen LogP contribution in [0.1, 0.15) is 29.3 Å². The Hall–Kier alpha value is -1.99. The van der Waals surface area contributed by atoms with Gasteiger partial charge in [-0.3, -0.25) is 0 Å². The van der Waals surface area contributed by atoms with Crippen molar-refractivity contribution in [2.45, 2.75) is 44.6 Å². The molecule has 0 aliphatic heterocycles. The Labute approximate surface area is 162 Å². The van der Waals surface area contributed by atoms with Crippen molar-refractivity contribution in [1.29, 1.82) is 0 Å². The first-order valence-corrected chi connectivity index (χ1v) is 9.49. The van der Waals surface area contributed by atoms with E-state index in [1.165, 1.54) is 6.33 Å². The first kappa shape index (κ1) is 18.4. The molecule has 142 valence electrons. The maximum absolute atomic E-state index is 10.7. The van der Waals surface area contributed by atoms with Gasteiger partial charge in [0.1, 0.15) is 18.1 Å². The van der Waals surface area contributed by atoms with Crippen molar-refractivity contribution in [3.63, 3.8) is 0 Å². The highest BCUT2D eigenvalue weighted by atomic mass is 35.5. The molecule has 1 aliphatic carbocycles. The maximum Gasteiger partial charge on any atom is 0.143 e. The number of nitrogens with two attached hydrogens (primary N) is 1. The number of aliphatic hydroxyl groups excluding tert-OH is 2. The lowest BCUT2D eigenvalue weighted by Crippen LogP contribution is -2.30. The number of aryl methyl sites for hydroxylation is 1. The minimum absolute atomic E-state index is 0.0724. The smallest absolute Gasteiger partial charge is 0.143 e. The molecule has 0 unspecified atom stereocenters. The van der Waals surface area contributed by atoms with Gasteiger partial charge in [-0.15, -0.1) is 0 Å². The average molecular weight is 387 g/mol. The van der Waals surface area contributed by atoms with E-state index in [0.717, 1.165) is 27.9 Å². The molecule has 0 bridgehead atoms. The zero-order valence-electron chi connectivity index (χ0n) is 15.1. The number of fused-ring (bicyclic) bond motifs is 1. The van der Waals surface area contributed by atoms with E-state index in [9.17, 15) is 10.2 Å². The van der Waals surface area contributed by atoms with Crippen molar-refractivity contribution >= 4 is 22.6 Å². The summed E-state index contributed by atoms with van der Waals surface area (Å²) in [6.07, 6.45) is 3.09. The fraction of sp³-hybridized carbons (Fsp3) is 0.400. The molecule has 0 spiro atoms. The van der Waals surface area contributed by atoms with Crippen LogP contribution < -0.4 is 5.73 Å². The Balaban J connectivity index is 1.62. The number of nitrogens with zero attached hydrogens (tertiary/aromatic N) is 3. The van der Waals surface area contributed by atoms with Gasteiger partial charge in [-0.1, -0.05) is 17.7 Å². The molecule has 4 N–H and O–H groups in total. The van der Waals surface area contributed by atoms with E-state index in [1.54, 1.807) is 0 Å². The maximum atomic E-state index is 10.7. The van der Waals surface area contributed by atoms with Crippen LogP contribution in [-0.2, 0) is 13.0 Å². The first-order valence-electron chi connectivity index (χ1n) is 9.11. The summed E-state index contributed by atoms with van der Waals surface area (Å²) in [4.78, 5) is 8.60. The number of rotatable bonds is 4. The van der Waals surface area contributed by atoms with Crippen LogP contribution in [0.3, 0.4) is 0 Å². The van der Waals surface area contributed by atoms with Crippen molar-refractivity contribution in [2.75, 3.05) is 0 Å². The quantitative estimate of drug-likeness (QED) is 0.639. The highest BCUT2D eigenvalue weighted by Gasteiger charge is 2.42. The third-order valence-electron chi connectivity index (χ3n) is 5.71. The van der Waals surface area contributed by atoms with Crippen molar-refractivity contribution in [3.05, 3.63) is 58.6 Å². The van der Waals surface area contributed by atoms with Gasteiger partial charge in [-0.25, -0.2) is 9.97 Å². The molecule has 1 saturated carbocycles. The van der Waals surface area contributed by atoms with E-state index in [1.807, 2.05) is 42.0 Å². The fourth-order valence-electron chi connectivity index (χ4n) is 4.21. The average Bonchev–Trinajstić information content (AvgIpc) is 3.20. The number of benzene rings is 1. The molecule has 1 fully saturated rings. The Morgan fingerprint density at radius 1 is 1.19 bits per heavy atom. The summed E-state index contributed by atoms with van der Waals surface area (Å²) in [5, 5.41) is 23.0. The van der Waals surface area contributed by atoms with Gasteiger partial charge in [-0.05, 0) is 55.0 Å². The van der Waals surface area contributed by atoms with Crippen molar-refractivity contribution in [1.82, 2.24) is 14.5 Å². The lowest BCUT2D eigenvalue weighted by atomic mass is 9.93. The van der Waals surface area contributed by atoms with Crippen molar-refractivity contribution < 1.29 is 10.2 Å². The monoisotopic (exact) mass is 386 g/mol. The molecular formula is C20H23ClN4O2. The van der Waals surface area contributed by atoms with Crippen LogP contribution in [0.5, 0.6) is 0 Å². The summed E-state index contributed by atoms with van der Waals surface area (Å²) in [7, 11) is 0. The van der Waals surface area contributed by atoms with Crippen molar-refractivity contribution in [2.24, 2.45) is 11.7 Å². The Morgan fingerprint density at radius 2 is 2.00 bits per heavy atom. The summed E-state index contributed by atoms with van der Waals surface area (Å²) < 4.78 is 1.96. The minimum atomic E-state index is -0.852. The molecular weight excluding hydrogens is 364 g/mol. The van der Waals surface area contributed by atoms with Crippen LogP contribution in [0.25, 0.3) is 11.0 Å². The van der Waals surface area contributed by atoms with Gasteiger partial charge in [-0.2, -0.15) is 0 Å². The third-order valence-corrected chi connectivity index (χ3v) is 5.94. The predicted molar refractivity (Wildman–Crippen MR) is 104 cm³/mol. The molecule has 7 heteroatoms. The number of hydrogen-bond donors (Lipinski definition) is 3. The topological polar surface area (TPSA) is 97.2 Å². The summed E-state index contributed by atoms with van der Waals surface area (Å²) in [5.74, 6) is -0.0724. The Morgan fingerprint density at radius 3 is 2.78 bits per heavy atom. The zero-order valence-corrected chi connectivity index (χ0v) is 15.8. The standard InChI is InChI=1S/C20H23ClN4O2/c1-11-16-4-5-25(20(16)24-10-23-11)17-8-13(18(26)19(17)27)6-12-2-3-15(21)7-14(12)9-22/h2-5,7,10,13,17-19,26-27H,6,8-9,22H2,1H3/t13-,17+,18+,19-/m0/s1. The lowest BCUT2D eigenvalue weighted by Gasteiger charge is -2.19. The molecule has 2 aromatic heterocycles. The van der Waals surface area contributed by atoms with Gasteiger partial charge in [0, 0.05) is 23.2 Å². The second-order valence-electron chi connectivity index (χ2n) is 7.28. The van der Waals surface area contributed by atoms with Crippen LogP contribution >= 0.6 is 11.6 Å². The van der Waals surface area contributed by atoms with Crippen LogP contribution in [0, 0.1) is 12.8 Å².